The number of benzene rings is 2. The van der Waals surface area contributed by atoms with Crippen LogP contribution in [-0.2, 0) is 7.05 Å². The third kappa shape index (κ3) is 2.64. The number of hydrogen-bond acceptors (Lipinski definition) is 4. The Morgan fingerprint density at radius 3 is 2.46 bits per heavy atom. The molecular formula is C19H16ClN5O. The normalized spacial score (nSPS) is 11.0. The second kappa shape index (κ2) is 6.31. The second-order valence-electron chi connectivity index (χ2n) is 5.92. The molecule has 0 unspecified atom stereocenters. The van der Waals surface area contributed by atoms with E-state index in [0.29, 0.717) is 17.0 Å². The highest BCUT2D eigenvalue weighted by Crippen LogP contribution is 2.25. The van der Waals surface area contributed by atoms with Crippen LogP contribution in [0.15, 0.2) is 59.4 Å². The van der Waals surface area contributed by atoms with E-state index >= 15 is 0 Å². The van der Waals surface area contributed by atoms with Gasteiger partial charge in [0.15, 0.2) is 0 Å². The van der Waals surface area contributed by atoms with Gasteiger partial charge < -0.3 is 5.32 Å². The molecule has 6 nitrogen and oxygen atoms in total. The first-order valence-electron chi connectivity index (χ1n) is 8.09. The smallest absolute Gasteiger partial charge is 0.295 e. The van der Waals surface area contributed by atoms with Crippen LogP contribution in [0.25, 0.3) is 16.6 Å². The number of nitrogens with zero attached hydrogens (tertiary/aromatic N) is 4. The number of halogens is 1. The van der Waals surface area contributed by atoms with E-state index in [1.165, 1.54) is 0 Å². The number of fused-ring (bicyclic) bond motifs is 1. The predicted octanol–water partition coefficient (Wildman–Crippen LogP) is 3.82. The maximum atomic E-state index is 13.0. The van der Waals surface area contributed by atoms with E-state index in [1.54, 1.807) is 4.68 Å². The fourth-order valence-electron chi connectivity index (χ4n) is 2.97. The van der Waals surface area contributed by atoms with Crippen molar-refractivity contribution in [3.63, 3.8) is 0 Å². The Hall–Kier alpha value is -3.12. The fraction of sp³-hybridized carbons (Fsp3) is 0.105. The first-order valence-corrected chi connectivity index (χ1v) is 8.47. The van der Waals surface area contributed by atoms with Crippen molar-refractivity contribution < 1.29 is 0 Å². The molecule has 2 aromatic heterocycles. The van der Waals surface area contributed by atoms with Crippen LogP contribution in [0.2, 0.25) is 5.28 Å². The molecule has 0 saturated heterocycles. The molecule has 0 radical (unpaired) electrons. The lowest BCUT2D eigenvalue weighted by Gasteiger charge is -2.08. The third-order valence-corrected chi connectivity index (χ3v) is 4.54. The molecular weight excluding hydrogens is 350 g/mol. The average molecular weight is 366 g/mol. The van der Waals surface area contributed by atoms with Crippen molar-refractivity contribution in [2.75, 3.05) is 5.32 Å². The van der Waals surface area contributed by atoms with Gasteiger partial charge in [-0.2, -0.15) is 4.98 Å². The molecule has 0 atom stereocenters. The Bertz CT molecular complexity index is 1160. The largest absolute Gasteiger partial charge is 0.334 e. The van der Waals surface area contributed by atoms with Gasteiger partial charge in [0.05, 0.1) is 16.9 Å². The Morgan fingerprint density at radius 2 is 1.69 bits per heavy atom. The average Bonchev–Trinajstić information content (AvgIpc) is 2.85. The minimum absolute atomic E-state index is 0.128. The molecule has 0 bridgehead atoms. The summed E-state index contributed by atoms with van der Waals surface area (Å²) in [5.41, 5.74) is 2.60. The van der Waals surface area contributed by atoms with Crippen molar-refractivity contribution >= 4 is 34.0 Å². The minimum atomic E-state index is -0.157. The zero-order valence-corrected chi connectivity index (χ0v) is 15.0. The summed E-state index contributed by atoms with van der Waals surface area (Å²) in [7, 11) is 1.85. The van der Waals surface area contributed by atoms with Gasteiger partial charge in [-0.1, -0.05) is 30.3 Å². The van der Waals surface area contributed by atoms with Crippen molar-refractivity contribution in [3.05, 3.63) is 75.9 Å². The first kappa shape index (κ1) is 16.4. The molecule has 2 heterocycles. The lowest BCUT2D eigenvalue weighted by Crippen LogP contribution is -2.20. The molecule has 1 N–H and O–H groups in total. The molecule has 0 aliphatic rings. The molecule has 0 saturated carbocycles. The molecule has 0 amide bonds. The topological polar surface area (TPSA) is 64.7 Å². The standard InChI is InChI=1S/C19H16ClN5O/c1-12-16(18(26)25(24(12)2)13-8-4-3-5-9-13)22-17-14-10-6-7-11-15(14)21-19(20)23-17/h3-11H,1-2H3,(H,21,22,23). The summed E-state index contributed by atoms with van der Waals surface area (Å²) in [4.78, 5) is 21.5. The van der Waals surface area contributed by atoms with E-state index in [1.807, 2.05) is 73.3 Å². The summed E-state index contributed by atoms with van der Waals surface area (Å²) in [6.07, 6.45) is 0. The summed E-state index contributed by atoms with van der Waals surface area (Å²) in [6, 6.07) is 17.0. The molecule has 0 aliphatic heterocycles. The number of hydrogen-bond donors (Lipinski definition) is 1. The van der Waals surface area contributed by atoms with E-state index < -0.39 is 0 Å². The van der Waals surface area contributed by atoms with Gasteiger partial charge in [0.25, 0.3) is 5.56 Å². The number of aromatic nitrogens is 4. The summed E-state index contributed by atoms with van der Waals surface area (Å²) in [5, 5.41) is 4.09. The predicted molar refractivity (Wildman–Crippen MR) is 104 cm³/mol. The summed E-state index contributed by atoms with van der Waals surface area (Å²) < 4.78 is 3.42. The van der Waals surface area contributed by atoms with Crippen LogP contribution in [0.3, 0.4) is 0 Å². The number of anilines is 2. The van der Waals surface area contributed by atoms with Crippen molar-refractivity contribution in [3.8, 4) is 5.69 Å². The molecule has 2 aromatic carbocycles. The minimum Gasteiger partial charge on any atom is -0.334 e. The second-order valence-corrected chi connectivity index (χ2v) is 6.26. The van der Waals surface area contributed by atoms with Crippen LogP contribution >= 0.6 is 11.6 Å². The lowest BCUT2D eigenvalue weighted by molar-refractivity contribution is 0.630. The SMILES string of the molecule is Cc1c(Nc2nc(Cl)nc3ccccc23)c(=O)n(-c2ccccc2)n1C. The van der Waals surface area contributed by atoms with Gasteiger partial charge in [-0.3, -0.25) is 9.48 Å². The van der Waals surface area contributed by atoms with Crippen molar-refractivity contribution in [1.29, 1.82) is 0 Å². The molecule has 26 heavy (non-hydrogen) atoms. The summed E-state index contributed by atoms with van der Waals surface area (Å²) in [6.45, 7) is 1.88. The molecule has 0 spiro atoms. The number of nitrogens with one attached hydrogen (secondary N) is 1. The van der Waals surface area contributed by atoms with E-state index in [9.17, 15) is 4.79 Å². The Kier molecular flexibility index (Phi) is 3.97. The van der Waals surface area contributed by atoms with Crippen LogP contribution in [0.4, 0.5) is 11.5 Å². The van der Waals surface area contributed by atoms with Crippen LogP contribution in [0, 0.1) is 6.92 Å². The Labute approximate surface area is 154 Å². The number of para-hydroxylation sites is 2. The van der Waals surface area contributed by atoms with Gasteiger partial charge in [0.2, 0.25) is 5.28 Å². The summed E-state index contributed by atoms with van der Waals surface area (Å²) in [5.74, 6) is 0.506. The highest BCUT2D eigenvalue weighted by atomic mass is 35.5. The lowest BCUT2D eigenvalue weighted by atomic mass is 10.2. The number of rotatable bonds is 3. The fourth-order valence-corrected chi connectivity index (χ4v) is 3.15. The highest BCUT2D eigenvalue weighted by molar-refractivity contribution is 6.28. The highest BCUT2D eigenvalue weighted by Gasteiger charge is 2.18. The van der Waals surface area contributed by atoms with Crippen molar-refractivity contribution in [2.24, 2.45) is 7.05 Å². The maximum Gasteiger partial charge on any atom is 0.295 e. The van der Waals surface area contributed by atoms with E-state index in [4.69, 9.17) is 11.6 Å². The quantitative estimate of drug-likeness (QED) is 0.560. The van der Waals surface area contributed by atoms with E-state index in [2.05, 4.69) is 15.3 Å². The molecule has 4 aromatic rings. The van der Waals surface area contributed by atoms with Crippen LogP contribution in [0.5, 0.6) is 0 Å². The first-order chi connectivity index (χ1) is 12.6. The van der Waals surface area contributed by atoms with Gasteiger partial charge in [-0.25, -0.2) is 9.67 Å². The summed E-state index contributed by atoms with van der Waals surface area (Å²) >= 11 is 6.05. The van der Waals surface area contributed by atoms with Gasteiger partial charge in [0.1, 0.15) is 11.5 Å². The van der Waals surface area contributed by atoms with Crippen molar-refractivity contribution in [2.45, 2.75) is 6.92 Å². The van der Waals surface area contributed by atoms with Crippen LogP contribution in [-0.4, -0.2) is 19.3 Å². The monoisotopic (exact) mass is 365 g/mol. The molecule has 4 rings (SSSR count). The van der Waals surface area contributed by atoms with E-state index in [-0.39, 0.29) is 10.8 Å². The van der Waals surface area contributed by atoms with Gasteiger partial charge in [-0.15, -0.1) is 0 Å². The van der Waals surface area contributed by atoms with Gasteiger partial charge in [-0.05, 0) is 42.8 Å². The molecule has 0 aliphatic carbocycles. The van der Waals surface area contributed by atoms with E-state index in [0.717, 1.165) is 16.8 Å². The molecule has 130 valence electrons. The van der Waals surface area contributed by atoms with Crippen LogP contribution < -0.4 is 10.9 Å². The zero-order chi connectivity index (χ0) is 18.3. The van der Waals surface area contributed by atoms with Crippen molar-refractivity contribution in [1.82, 2.24) is 19.3 Å². The van der Waals surface area contributed by atoms with Gasteiger partial charge in [0, 0.05) is 12.4 Å². The Balaban J connectivity index is 1.88. The van der Waals surface area contributed by atoms with Gasteiger partial charge >= 0.3 is 0 Å². The third-order valence-electron chi connectivity index (χ3n) is 4.37. The molecule has 7 heteroatoms. The zero-order valence-electron chi connectivity index (χ0n) is 14.3. The van der Waals surface area contributed by atoms with Crippen LogP contribution in [0.1, 0.15) is 5.69 Å². The Morgan fingerprint density at radius 1 is 1.00 bits per heavy atom. The maximum absolute atomic E-state index is 13.0. The molecule has 0 fully saturated rings.